The van der Waals surface area contributed by atoms with Crippen LogP contribution in [0.5, 0.6) is 0 Å². The lowest BCUT2D eigenvalue weighted by atomic mass is 9.87. The third kappa shape index (κ3) is 3.89. The Bertz CT molecular complexity index is 1110. The van der Waals surface area contributed by atoms with Gasteiger partial charge in [0.15, 0.2) is 11.4 Å². The lowest BCUT2D eigenvalue weighted by Crippen LogP contribution is -2.44. The van der Waals surface area contributed by atoms with E-state index >= 15 is 0 Å². The zero-order chi connectivity index (χ0) is 21.7. The van der Waals surface area contributed by atoms with Gasteiger partial charge in [0.05, 0.1) is 32.8 Å². The molecule has 0 aliphatic carbocycles. The Labute approximate surface area is 179 Å². The summed E-state index contributed by atoms with van der Waals surface area (Å²) in [4.78, 5) is 41.0. The highest BCUT2D eigenvalue weighted by atomic mass is 32.1. The quantitative estimate of drug-likeness (QED) is 0.619. The average molecular weight is 427 g/mol. The van der Waals surface area contributed by atoms with Gasteiger partial charge in [0.25, 0.3) is 5.91 Å². The summed E-state index contributed by atoms with van der Waals surface area (Å²) in [7, 11) is 0. The number of piperidine rings is 1. The number of H-pyrrole nitrogens is 1. The van der Waals surface area contributed by atoms with Crippen molar-refractivity contribution in [3.8, 4) is 10.6 Å². The van der Waals surface area contributed by atoms with E-state index in [1.165, 1.54) is 11.3 Å². The number of thiophene rings is 1. The monoisotopic (exact) mass is 426 g/mol. The Kier molecular flexibility index (Phi) is 5.02. The van der Waals surface area contributed by atoms with Gasteiger partial charge in [0.1, 0.15) is 5.52 Å². The molecule has 4 rings (SSSR count). The van der Waals surface area contributed by atoms with E-state index < -0.39 is 11.0 Å². The number of Topliss-reactive ketones (excluding diaryl/α,β-unsaturated/α-hetero) is 1. The van der Waals surface area contributed by atoms with Gasteiger partial charge in [-0.25, -0.2) is 9.97 Å². The second kappa shape index (κ2) is 7.28. The molecule has 0 saturated carbocycles. The molecule has 0 bridgehead atoms. The fourth-order valence-corrected chi connectivity index (χ4v) is 4.45. The zero-order valence-corrected chi connectivity index (χ0v) is 18.5. The summed E-state index contributed by atoms with van der Waals surface area (Å²) in [5, 5.41) is 10.1. The Morgan fingerprint density at radius 2 is 1.93 bits per heavy atom. The molecule has 0 radical (unpaired) electrons. The molecule has 1 aliphatic rings. The molecule has 7 nitrogen and oxygen atoms in total. The number of aromatic nitrogens is 3. The summed E-state index contributed by atoms with van der Waals surface area (Å²) in [6, 6.07) is 3.67. The van der Waals surface area contributed by atoms with Crippen LogP contribution in [0, 0.1) is 5.41 Å². The lowest BCUT2D eigenvalue weighted by Gasteiger charge is -2.35. The van der Waals surface area contributed by atoms with Crippen molar-refractivity contribution in [3.63, 3.8) is 0 Å². The van der Waals surface area contributed by atoms with Crippen LogP contribution in [0.4, 0.5) is 0 Å². The van der Waals surface area contributed by atoms with Crippen molar-refractivity contribution in [1.29, 1.82) is 0 Å². The molecule has 1 aliphatic heterocycles. The lowest BCUT2D eigenvalue weighted by molar-refractivity contribution is -0.00188. The van der Waals surface area contributed by atoms with Crippen LogP contribution in [-0.4, -0.2) is 55.3 Å². The number of carbonyl (C=O) groups is 2. The number of ketones is 1. The number of hydrogen-bond acceptors (Lipinski definition) is 6. The van der Waals surface area contributed by atoms with Gasteiger partial charge in [0, 0.05) is 24.7 Å². The van der Waals surface area contributed by atoms with Gasteiger partial charge in [-0.3, -0.25) is 9.59 Å². The Morgan fingerprint density at radius 1 is 1.23 bits per heavy atom. The highest BCUT2D eigenvalue weighted by Crippen LogP contribution is 2.31. The molecule has 1 fully saturated rings. The number of nitrogens with zero attached hydrogens (tertiary/aromatic N) is 3. The van der Waals surface area contributed by atoms with Gasteiger partial charge in [-0.2, -0.15) is 0 Å². The minimum absolute atomic E-state index is 0.00299. The van der Waals surface area contributed by atoms with Crippen LogP contribution >= 0.6 is 11.3 Å². The summed E-state index contributed by atoms with van der Waals surface area (Å²) in [5.74, 6) is -0.0238. The molecule has 30 heavy (non-hydrogen) atoms. The number of hydrogen-bond donors (Lipinski definition) is 2. The van der Waals surface area contributed by atoms with E-state index in [2.05, 4.69) is 15.0 Å². The van der Waals surface area contributed by atoms with Crippen LogP contribution in [0.25, 0.3) is 21.7 Å². The Hall–Kier alpha value is -2.58. The third-order valence-corrected chi connectivity index (χ3v) is 6.60. The van der Waals surface area contributed by atoms with Crippen molar-refractivity contribution in [2.75, 3.05) is 13.1 Å². The number of fused-ring (bicyclic) bond motifs is 1. The first-order valence-corrected chi connectivity index (χ1v) is 10.9. The van der Waals surface area contributed by atoms with Crippen molar-refractivity contribution in [2.45, 2.75) is 46.1 Å². The average Bonchev–Trinajstić information content (AvgIpc) is 3.33. The molecule has 4 heterocycles. The van der Waals surface area contributed by atoms with Gasteiger partial charge in [0.2, 0.25) is 0 Å². The van der Waals surface area contributed by atoms with Gasteiger partial charge >= 0.3 is 0 Å². The molecule has 0 spiro atoms. The number of rotatable bonds is 3. The number of likely N-dealkylation sites (tertiary alicyclic amines) is 1. The number of nitrogens with one attached hydrogen (secondary N) is 1. The number of aliphatic hydroxyl groups is 1. The van der Waals surface area contributed by atoms with Gasteiger partial charge in [-0.1, -0.05) is 20.8 Å². The van der Waals surface area contributed by atoms with E-state index in [0.29, 0.717) is 53.2 Å². The minimum Gasteiger partial charge on any atom is -0.390 e. The molecular formula is C22H26N4O3S. The fraction of sp³-hybridized carbons (Fsp3) is 0.455. The topological polar surface area (TPSA) is 99.2 Å². The first-order chi connectivity index (χ1) is 14.0. The number of amides is 1. The normalized spacial score (nSPS) is 16.8. The van der Waals surface area contributed by atoms with Gasteiger partial charge < -0.3 is 15.0 Å². The molecule has 0 atom stereocenters. The third-order valence-electron chi connectivity index (χ3n) is 5.50. The maximum absolute atomic E-state index is 12.8. The molecule has 1 saturated heterocycles. The molecule has 3 aromatic rings. The van der Waals surface area contributed by atoms with Crippen molar-refractivity contribution in [3.05, 3.63) is 35.0 Å². The van der Waals surface area contributed by atoms with Crippen LogP contribution < -0.4 is 0 Å². The molecule has 2 N–H and O–H groups in total. The van der Waals surface area contributed by atoms with E-state index in [1.54, 1.807) is 23.4 Å². The largest absolute Gasteiger partial charge is 0.390 e. The highest BCUT2D eigenvalue weighted by molar-refractivity contribution is 7.17. The summed E-state index contributed by atoms with van der Waals surface area (Å²) >= 11 is 1.37. The van der Waals surface area contributed by atoms with Crippen LogP contribution in [0.3, 0.4) is 0 Å². The molecule has 0 aromatic carbocycles. The summed E-state index contributed by atoms with van der Waals surface area (Å²) in [6.07, 6.45) is 4.48. The van der Waals surface area contributed by atoms with Crippen molar-refractivity contribution < 1.29 is 14.7 Å². The van der Waals surface area contributed by atoms with Crippen molar-refractivity contribution >= 4 is 34.2 Å². The predicted octanol–water partition coefficient (Wildman–Crippen LogP) is 3.90. The van der Waals surface area contributed by atoms with E-state index in [0.717, 1.165) is 4.88 Å². The van der Waals surface area contributed by atoms with Crippen LogP contribution in [0.2, 0.25) is 0 Å². The van der Waals surface area contributed by atoms with E-state index in [4.69, 9.17) is 0 Å². The molecule has 158 valence electrons. The number of carbonyl (C=O) groups excluding carboxylic acids is 2. The predicted molar refractivity (Wildman–Crippen MR) is 117 cm³/mol. The number of aromatic amines is 1. The minimum atomic E-state index is -0.693. The van der Waals surface area contributed by atoms with Crippen molar-refractivity contribution in [2.24, 2.45) is 5.41 Å². The second-order valence-corrected chi connectivity index (χ2v) is 10.3. The van der Waals surface area contributed by atoms with Crippen LogP contribution in [-0.2, 0) is 0 Å². The second-order valence-electron chi connectivity index (χ2n) is 9.19. The Morgan fingerprint density at radius 3 is 2.60 bits per heavy atom. The van der Waals surface area contributed by atoms with Crippen LogP contribution in [0.15, 0.2) is 24.5 Å². The smallest absolute Gasteiger partial charge is 0.263 e. The van der Waals surface area contributed by atoms with Crippen molar-refractivity contribution in [1.82, 2.24) is 19.9 Å². The SMILES string of the molecule is CC1(O)CCN(C(=O)c2ccc(-c3cnc4[nH]cc(C(=O)C(C)(C)C)c4n3)s2)CC1. The van der Waals surface area contributed by atoms with E-state index in [9.17, 15) is 14.7 Å². The zero-order valence-electron chi connectivity index (χ0n) is 17.7. The van der Waals surface area contributed by atoms with Crippen LogP contribution in [0.1, 0.15) is 60.6 Å². The van der Waals surface area contributed by atoms with E-state index in [1.807, 2.05) is 33.8 Å². The maximum Gasteiger partial charge on any atom is 0.263 e. The molecule has 1 amide bonds. The first kappa shape index (κ1) is 20.7. The summed E-state index contributed by atoms with van der Waals surface area (Å²) in [6.45, 7) is 8.54. The van der Waals surface area contributed by atoms with Gasteiger partial charge in [-0.05, 0) is 31.9 Å². The highest BCUT2D eigenvalue weighted by Gasteiger charge is 2.31. The van der Waals surface area contributed by atoms with Gasteiger partial charge in [-0.15, -0.1) is 11.3 Å². The fourth-order valence-electron chi connectivity index (χ4n) is 3.53. The van der Waals surface area contributed by atoms with E-state index in [-0.39, 0.29) is 11.7 Å². The molecular weight excluding hydrogens is 400 g/mol. The summed E-state index contributed by atoms with van der Waals surface area (Å²) in [5.41, 5.74) is 1.07. The molecule has 8 heteroatoms. The standard InChI is InChI=1S/C22H26N4O3S/c1-21(2,3)18(27)13-11-23-19-17(13)25-14(12-24-19)15-5-6-16(30-15)20(28)26-9-7-22(4,29)8-10-26/h5-6,11-12,29H,7-10H2,1-4H3,(H,23,24). The first-order valence-electron chi connectivity index (χ1n) is 10.1. The Balaban J connectivity index is 1.60. The molecule has 0 unspecified atom stereocenters. The summed E-state index contributed by atoms with van der Waals surface area (Å²) < 4.78 is 0. The maximum atomic E-state index is 12.8. The molecule has 3 aromatic heterocycles.